The van der Waals surface area contributed by atoms with Crippen LogP contribution in [0.5, 0.6) is 0 Å². The minimum absolute atomic E-state index is 0.0524. The summed E-state index contributed by atoms with van der Waals surface area (Å²) in [5.74, 6) is -1.63. The lowest BCUT2D eigenvalue weighted by Gasteiger charge is -1.95. The van der Waals surface area contributed by atoms with Crippen LogP contribution >= 0.6 is 0 Å². The summed E-state index contributed by atoms with van der Waals surface area (Å²) < 4.78 is 21.3. The molecular formula is C8H12O5S. The molecule has 0 bridgehead atoms. The van der Waals surface area contributed by atoms with Crippen molar-refractivity contribution in [3.8, 4) is 0 Å². The molecular weight excluding hydrogens is 208 g/mol. The van der Waals surface area contributed by atoms with Gasteiger partial charge in [0.2, 0.25) is 0 Å². The highest BCUT2D eigenvalue weighted by Crippen LogP contribution is 1.96. The standard InChI is InChI=1S/C8H12O5S/c1-14(12,13)6-2-3-7(9)4-5-8(10)11/h4-5H,2-3,6H2,1H3,(H,10,11)/b5-4-. The number of ketones is 1. The van der Waals surface area contributed by atoms with Crippen LogP contribution in [0, 0.1) is 0 Å². The van der Waals surface area contributed by atoms with E-state index in [2.05, 4.69) is 0 Å². The number of rotatable bonds is 6. The van der Waals surface area contributed by atoms with Crippen LogP contribution in [0.4, 0.5) is 0 Å². The topological polar surface area (TPSA) is 88.5 Å². The van der Waals surface area contributed by atoms with Crippen LogP contribution in [0.15, 0.2) is 12.2 Å². The smallest absolute Gasteiger partial charge is 0.328 e. The predicted molar refractivity (Wildman–Crippen MR) is 50.7 cm³/mol. The SMILES string of the molecule is CS(=O)(=O)CCCC(=O)/C=C\C(=O)O. The molecule has 0 rings (SSSR count). The number of carbonyl (C=O) groups excluding carboxylic acids is 1. The summed E-state index contributed by atoms with van der Waals surface area (Å²) in [6.07, 6.45) is 3.04. The van der Waals surface area contributed by atoms with E-state index in [1.165, 1.54) is 0 Å². The Labute approximate surface area is 82.3 Å². The largest absolute Gasteiger partial charge is 0.478 e. The van der Waals surface area contributed by atoms with Crippen molar-refractivity contribution < 1.29 is 23.1 Å². The molecule has 0 aliphatic heterocycles. The third kappa shape index (κ3) is 8.92. The number of sulfone groups is 1. The molecule has 0 spiro atoms. The van der Waals surface area contributed by atoms with Gasteiger partial charge in [0.1, 0.15) is 9.84 Å². The van der Waals surface area contributed by atoms with Gasteiger partial charge in [-0.2, -0.15) is 0 Å². The molecule has 0 radical (unpaired) electrons. The number of carboxylic acids is 1. The highest BCUT2D eigenvalue weighted by atomic mass is 32.2. The van der Waals surface area contributed by atoms with E-state index in [0.29, 0.717) is 0 Å². The predicted octanol–water partition coefficient (Wildman–Crippen LogP) is 0.0211. The third-order valence-electron chi connectivity index (χ3n) is 1.35. The average Bonchev–Trinajstić information content (AvgIpc) is 1.98. The van der Waals surface area contributed by atoms with Gasteiger partial charge in [-0.3, -0.25) is 4.79 Å². The van der Waals surface area contributed by atoms with E-state index in [1.54, 1.807) is 0 Å². The summed E-state index contributed by atoms with van der Waals surface area (Å²) in [6.45, 7) is 0. The summed E-state index contributed by atoms with van der Waals surface area (Å²) in [4.78, 5) is 20.9. The third-order valence-corrected chi connectivity index (χ3v) is 2.38. The van der Waals surface area contributed by atoms with Crippen molar-refractivity contribution in [2.75, 3.05) is 12.0 Å². The van der Waals surface area contributed by atoms with E-state index in [-0.39, 0.29) is 24.4 Å². The van der Waals surface area contributed by atoms with Crippen LogP contribution in [0.3, 0.4) is 0 Å². The molecule has 0 heterocycles. The Hall–Kier alpha value is -1.17. The molecule has 0 fully saturated rings. The molecule has 0 aliphatic rings. The fourth-order valence-electron chi connectivity index (χ4n) is 0.756. The second-order valence-electron chi connectivity index (χ2n) is 2.87. The van der Waals surface area contributed by atoms with Crippen molar-refractivity contribution in [3.63, 3.8) is 0 Å². The lowest BCUT2D eigenvalue weighted by molar-refractivity contribution is -0.131. The first-order chi connectivity index (χ1) is 6.31. The van der Waals surface area contributed by atoms with Crippen molar-refractivity contribution in [2.45, 2.75) is 12.8 Å². The number of carboxylic acid groups (broad SMARTS) is 1. The van der Waals surface area contributed by atoms with Crippen molar-refractivity contribution in [1.29, 1.82) is 0 Å². The number of hydrogen-bond acceptors (Lipinski definition) is 4. The van der Waals surface area contributed by atoms with Crippen molar-refractivity contribution in [3.05, 3.63) is 12.2 Å². The van der Waals surface area contributed by atoms with E-state index in [9.17, 15) is 18.0 Å². The summed E-state index contributed by atoms with van der Waals surface area (Å²) >= 11 is 0. The molecule has 0 aromatic heterocycles. The van der Waals surface area contributed by atoms with Gasteiger partial charge in [-0.15, -0.1) is 0 Å². The summed E-state index contributed by atoms with van der Waals surface area (Å²) in [5, 5.41) is 8.18. The lowest BCUT2D eigenvalue weighted by Crippen LogP contribution is -2.05. The molecule has 0 saturated heterocycles. The van der Waals surface area contributed by atoms with Gasteiger partial charge < -0.3 is 5.11 Å². The maximum atomic E-state index is 10.9. The summed E-state index contributed by atoms with van der Waals surface area (Å²) in [7, 11) is -3.04. The van der Waals surface area contributed by atoms with Crippen LogP contribution in [0.2, 0.25) is 0 Å². The van der Waals surface area contributed by atoms with Crippen LogP contribution in [-0.4, -0.2) is 37.3 Å². The zero-order valence-electron chi connectivity index (χ0n) is 7.76. The first-order valence-corrected chi connectivity index (χ1v) is 5.99. The van der Waals surface area contributed by atoms with Crippen LogP contribution < -0.4 is 0 Å². The Balaban J connectivity index is 3.82. The summed E-state index contributed by atoms with van der Waals surface area (Å²) in [5.41, 5.74) is 0. The fraction of sp³-hybridized carbons (Fsp3) is 0.500. The Bertz CT molecular complexity index is 339. The van der Waals surface area contributed by atoms with E-state index in [0.717, 1.165) is 18.4 Å². The number of carbonyl (C=O) groups is 2. The van der Waals surface area contributed by atoms with Crippen molar-refractivity contribution >= 4 is 21.6 Å². The highest BCUT2D eigenvalue weighted by molar-refractivity contribution is 7.90. The quantitative estimate of drug-likeness (QED) is 0.637. The summed E-state index contributed by atoms with van der Waals surface area (Å²) in [6, 6.07) is 0. The Kier molecular flexibility index (Phi) is 5.07. The van der Waals surface area contributed by atoms with Gasteiger partial charge >= 0.3 is 5.97 Å². The zero-order valence-corrected chi connectivity index (χ0v) is 8.58. The van der Waals surface area contributed by atoms with Crippen molar-refractivity contribution in [2.24, 2.45) is 0 Å². The fourth-order valence-corrected chi connectivity index (χ4v) is 1.42. The second kappa shape index (κ2) is 5.54. The molecule has 5 nitrogen and oxygen atoms in total. The van der Waals surface area contributed by atoms with Gasteiger partial charge in [0, 0.05) is 18.8 Å². The first-order valence-electron chi connectivity index (χ1n) is 3.93. The number of allylic oxidation sites excluding steroid dienone is 1. The van der Waals surface area contributed by atoms with Gasteiger partial charge in [-0.25, -0.2) is 13.2 Å². The zero-order chi connectivity index (χ0) is 11.2. The van der Waals surface area contributed by atoms with Crippen molar-refractivity contribution in [1.82, 2.24) is 0 Å². The molecule has 0 aliphatic carbocycles. The molecule has 0 aromatic carbocycles. The van der Waals surface area contributed by atoms with E-state index in [4.69, 9.17) is 5.11 Å². The molecule has 14 heavy (non-hydrogen) atoms. The van der Waals surface area contributed by atoms with E-state index < -0.39 is 15.8 Å². The molecule has 0 amide bonds. The molecule has 0 unspecified atom stereocenters. The first kappa shape index (κ1) is 12.8. The van der Waals surface area contributed by atoms with E-state index in [1.807, 2.05) is 0 Å². The van der Waals surface area contributed by atoms with Crippen LogP contribution in [0.1, 0.15) is 12.8 Å². The van der Waals surface area contributed by atoms with E-state index >= 15 is 0 Å². The number of aliphatic carboxylic acids is 1. The molecule has 0 saturated carbocycles. The molecule has 1 N–H and O–H groups in total. The van der Waals surface area contributed by atoms with Crippen LogP contribution in [0.25, 0.3) is 0 Å². The van der Waals surface area contributed by atoms with Gasteiger partial charge in [0.25, 0.3) is 0 Å². The molecule has 0 aromatic rings. The van der Waals surface area contributed by atoms with Gasteiger partial charge in [-0.05, 0) is 12.5 Å². The average molecular weight is 220 g/mol. The maximum Gasteiger partial charge on any atom is 0.328 e. The Morgan fingerprint density at radius 1 is 1.29 bits per heavy atom. The molecule has 6 heteroatoms. The second-order valence-corrected chi connectivity index (χ2v) is 5.13. The molecule has 0 atom stereocenters. The minimum Gasteiger partial charge on any atom is -0.478 e. The monoisotopic (exact) mass is 220 g/mol. The van der Waals surface area contributed by atoms with Crippen LogP contribution in [-0.2, 0) is 19.4 Å². The van der Waals surface area contributed by atoms with Gasteiger partial charge in [-0.1, -0.05) is 0 Å². The molecule has 80 valence electrons. The minimum atomic E-state index is -3.04. The normalized spacial score (nSPS) is 11.8. The Morgan fingerprint density at radius 3 is 2.29 bits per heavy atom. The Morgan fingerprint density at radius 2 is 1.86 bits per heavy atom. The van der Waals surface area contributed by atoms with Gasteiger partial charge in [0.15, 0.2) is 5.78 Å². The number of hydrogen-bond donors (Lipinski definition) is 1. The van der Waals surface area contributed by atoms with Gasteiger partial charge in [0.05, 0.1) is 5.75 Å². The maximum absolute atomic E-state index is 10.9. The lowest BCUT2D eigenvalue weighted by atomic mass is 10.2. The highest BCUT2D eigenvalue weighted by Gasteiger charge is 2.04.